The summed E-state index contributed by atoms with van der Waals surface area (Å²) < 4.78 is 4.87. The normalized spacial score (nSPS) is 10.9. The van der Waals surface area contributed by atoms with Gasteiger partial charge in [-0.25, -0.2) is 4.79 Å². The van der Waals surface area contributed by atoms with Gasteiger partial charge in [-0.3, -0.25) is 0 Å². The van der Waals surface area contributed by atoms with Gasteiger partial charge in [-0.15, -0.1) is 0 Å². The van der Waals surface area contributed by atoms with E-state index in [1.54, 1.807) is 0 Å². The Hall–Kier alpha value is -1.06. The van der Waals surface area contributed by atoms with Crippen LogP contribution in [0.5, 0.6) is 0 Å². The molecule has 0 aliphatic heterocycles. The molecule has 0 bridgehead atoms. The van der Waals surface area contributed by atoms with E-state index < -0.39 is 6.09 Å². The van der Waals surface area contributed by atoms with Gasteiger partial charge in [0.25, 0.3) is 0 Å². The first-order valence-corrected chi connectivity index (χ1v) is 4.75. The molecule has 0 unspecified atom stereocenters. The molecule has 0 aromatic rings. The van der Waals surface area contributed by atoms with Gasteiger partial charge in [0.1, 0.15) is 5.78 Å². The molecule has 1 N–H and O–H groups in total. The van der Waals surface area contributed by atoms with E-state index in [9.17, 15) is 9.59 Å². The van der Waals surface area contributed by atoms with E-state index in [1.165, 1.54) is 6.92 Å². The van der Waals surface area contributed by atoms with Crippen LogP contribution in [0.2, 0.25) is 0 Å². The average molecular weight is 201 g/mol. The minimum Gasteiger partial charge on any atom is -0.450 e. The molecule has 0 heterocycles. The molecule has 0 rings (SSSR count). The Kier molecular flexibility index (Phi) is 5.20. The Bertz CT molecular complexity index is 206. The van der Waals surface area contributed by atoms with Crippen molar-refractivity contribution in [3.05, 3.63) is 0 Å². The number of ether oxygens (including phenoxy) is 1. The van der Waals surface area contributed by atoms with Crippen molar-refractivity contribution in [3.8, 4) is 0 Å². The molecule has 4 nitrogen and oxygen atoms in total. The van der Waals surface area contributed by atoms with Crippen LogP contribution in [-0.4, -0.2) is 24.0 Å². The zero-order chi connectivity index (χ0) is 11.2. The summed E-state index contributed by atoms with van der Waals surface area (Å²) in [5, 5.41) is 2.66. The lowest BCUT2D eigenvalue weighted by atomic mass is 10.1. The highest BCUT2D eigenvalue weighted by molar-refractivity contribution is 5.75. The fourth-order valence-electron chi connectivity index (χ4n) is 0.828. The average Bonchev–Trinajstić information content (AvgIpc) is 1.94. The van der Waals surface area contributed by atoms with Crippen LogP contribution in [0.25, 0.3) is 0 Å². The standard InChI is InChI=1S/C10H19NO3/c1-8(12)6-5-7-14-9(13)11-10(2,3)4/h5-7H2,1-4H3,(H,11,13). The molecule has 0 radical (unpaired) electrons. The fraction of sp³-hybridized carbons (Fsp3) is 0.800. The van der Waals surface area contributed by atoms with Crippen LogP contribution in [0.1, 0.15) is 40.5 Å². The monoisotopic (exact) mass is 201 g/mol. The third-order valence-corrected chi connectivity index (χ3v) is 1.38. The fourth-order valence-corrected chi connectivity index (χ4v) is 0.828. The molecule has 82 valence electrons. The molecule has 0 aromatic heterocycles. The van der Waals surface area contributed by atoms with Gasteiger partial charge in [0.05, 0.1) is 6.61 Å². The maximum Gasteiger partial charge on any atom is 0.407 e. The number of rotatable bonds is 4. The number of carbonyl (C=O) groups excluding carboxylic acids is 2. The predicted molar refractivity (Wildman–Crippen MR) is 54.2 cm³/mol. The van der Waals surface area contributed by atoms with Crippen LogP contribution in [0.3, 0.4) is 0 Å². The van der Waals surface area contributed by atoms with E-state index in [0.29, 0.717) is 19.4 Å². The van der Waals surface area contributed by atoms with Crippen LogP contribution in [0.4, 0.5) is 4.79 Å². The van der Waals surface area contributed by atoms with Crippen molar-refractivity contribution < 1.29 is 14.3 Å². The van der Waals surface area contributed by atoms with Gasteiger partial charge in [-0.2, -0.15) is 0 Å². The van der Waals surface area contributed by atoms with Crippen molar-refractivity contribution in [3.63, 3.8) is 0 Å². The van der Waals surface area contributed by atoms with Crippen LogP contribution in [-0.2, 0) is 9.53 Å². The van der Waals surface area contributed by atoms with Gasteiger partial charge in [0.2, 0.25) is 0 Å². The molecular formula is C10H19NO3. The predicted octanol–water partition coefficient (Wildman–Crippen LogP) is 1.88. The number of carbonyl (C=O) groups is 2. The molecule has 0 aromatic carbocycles. The van der Waals surface area contributed by atoms with Crippen molar-refractivity contribution in [1.29, 1.82) is 0 Å². The minimum absolute atomic E-state index is 0.116. The summed E-state index contributed by atoms with van der Waals surface area (Å²) >= 11 is 0. The van der Waals surface area contributed by atoms with E-state index in [2.05, 4.69) is 5.32 Å². The molecule has 0 saturated carbocycles. The van der Waals surface area contributed by atoms with Crippen molar-refractivity contribution in [1.82, 2.24) is 5.32 Å². The molecule has 0 atom stereocenters. The third kappa shape index (κ3) is 9.03. The Morgan fingerprint density at radius 2 is 1.86 bits per heavy atom. The summed E-state index contributed by atoms with van der Waals surface area (Å²) in [5.41, 5.74) is -0.280. The number of ketones is 1. The quantitative estimate of drug-likeness (QED) is 0.706. The molecular weight excluding hydrogens is 182 g/mol. The topological polar surface area (TPSA) is 55.4 Å². The van der Waals surface area contributed by atoms with Crippen molar-refractivity contribution >= 4 is 11.9 Å². The second-order valence-electron chi connectivity index (χ2n) is 4.32. The SMILES string of the molecule is CC(=O)CCCOC(=O)NC(C)(C)C. The Balaban J connectivity index is 3.50. The number of hydrogen-bond acceptors (Lipinski definition) is 3. The van der Waals surface area contributed by atoms with E-state index in [1.807, 2.05) is 20.8 Å². The molecule has 0 fully saturated rings. The van der Waals surface area contributed by atoms with Gasteiger partial charge >= 0.3 is 6.09 Å². The second kappa shape index (κ2) is 5.62. The lowest BCUT2D eigenvalue weighted by molar-refractivity contribution is -0.117. The van der Waals surface area contributed by atoms with E-state index in [4.69, 9.17) is 4.74 Å². The first-order chi connectivity index (χ1) is 6.31. The summed E-state index contributed by atoms with van der Waals surface area (Å²) in [6.07, 6.45) is 0.622. The summed E-state index contributed by atoms with van der Waals surface area (Å²) in [6.45, 7) is 7.45. The number of Topliss-reactive ketones (excluding diaryl/α,β-unsaturated/α-hetero) is 1. The maximum absolute atomic E-state index is 11.1. The van der Waals surface area contributed by atoms with Gasteiger partial charge in [0.15, 0.2) is 0 Å². The molecule has 0 spiro atoms. The Labute approximate surface area is 85.0 Å². The van der Waals surface area contributed by atoms with Gasteiger partial charge < -0.3 is 14.8 Å². The van der Waals surface area contributed by atoms with Gasteiger partial charge in [-0.1, -0.05) is 0 Å². The molecule has 4 heteroatoms. The summed E-state index contributed by atoms with van der Waals surface area (Å²) in [5.74, 6) is 0.116. The van der Waals surface area contributed by atoms with Crippen LogP contribution < -0.4 is 5.32 Å². The second-order valence-corrected chi connectivity index (χ2v) is 4.32. The summed E-state index contributed by atoms with van der Waals surface area (Å²) in [7, 11) is 0. The van der Waals surface area contributed by atoms with Gasteiger partial charge in [-0.05, 0) is 34.1 Å². The van der Waals surface area contributed by atoms with Gasteiger partial charge in [0, 0.05) is 12.0 Å². The number of hydrogen-bond donors (Lipinski definition) is 1. The molecule has 0 saturated heterocycles. The highest BCUT2D eigenvalue weighted by atomic mass is 16.5. The van der Waals surface area contributed by atoms with Crippen molar-refractivity contribution in [2.45, 2.75) is 46.1 Å². The van der Waals surface area contributed by atoms with E-state index >= 15 is 0 Å². The zero-order valence-corrected chi connectivity index (χ0v) is 9.35. The number of nitrogens with one attached hydrogen (secondary N) is 1. The molecule has 0 aliphatic carbocycles. The van der Waals surface area contributed by atoms with Crippen LogP contribution in [0.15, 0.2) is 0 Å². The van der Waals surface area contributed by atoms with Crippen LogP contribution in [0, 0.1) is 0 Å². The largest absolute Gasteiger partial charge is 0.450 e. The molecule has 0 aliphatic rings. The number of amides is 1. The summed E-state index contributed by atoms with van der Waals surface area (Å²) in [6, 6.07) is 0. The molecule has 14 heavy (non-hydrogen) atoms. The van der Waals surface area contributed by atoms with Crippen molar-refractivity contribution in [2.75, 3.05) is 6.61 Å². The maximum atomic E-state index is 11.1. The first-order valence-electron chi connectivity index (χ1n) is 4.75. The zero-order valence-electron chi connectivity index (χ0n) is 9.35. The number of alkyl carbamates (subject to hydrolysis) is 1. The first kappa shape index (κ1) is 12.9. The Morgan fingerprint density at radius 1 is 1.29 bits per heavy atom. The minimum atomic E-state index is -0.430. The smallest absolute Gasteiger partial charge is 0.407 e. The highest BCUT2D eigenvalue weighted by Crippen LogP contribution is 1.99. The van der Waals surface area contributed by atoms with Crippen LogP contribution >= 0.6 is 0 Å². The van der Waals surface area contributed by atoms with E-state index in [0.717, 1.165) is 0 Å². The van der Waals surface area contributed by atoms with E-state index in [-0.39, 0.29) is 11.3 Å². The highest BCUT2D eigenvalue weighted by Gasteiger charge is 2.13. The van der Waals surface area contributed by atoms with Crippen molar-refractivity contribution in [2.24, 2.45) is 0 Å². The third-order valence-electron chi connectivity index (χ3n) is 1.38. The lowest BCUT2D eigenvalue weighted by Gasteiger charge is -2.19. The lowest BCUT2D eigenvalue weighted by Crippen LogP contribution is -2.41. The summed E-state index contributed by atoms with van der Waals surface area (Å²) in [4.78, 5) is 21.6. The Morgan fingerprint density at radius 3 is 2.29 bits per heavy atom. The molecule has 1 amide bonds.